The Labute approximate surface area is 96.3 Å². The molecule has 1 aromatic carbocycles. The highest BCUT2D eigenvalue weighted by Crippen LogP contribution is 2.27. The van der Waals surface area contributed by atoms with Gasteiger partial charge in [0.15, 0.2) is 0 Å². The van der Waals surface area contributed by atoms with Gasteiger partial charge in [-0.2, -0.15) is 0 Å². The van der Waals surface area contributed by atoms with Gasteiger partial charge in [-0.15, -0.1) is 6.58 Å². The van der Waals surface area contributed by atoms with E-state index in [1.165, 1.54) is 12.8 Å². The van der Waals surface area contributed by atoms with Crippen molar-refractivity contribution >= 4 is 0 Å². The Balaban J connectivity index is 2.01. The molecule has 1 atom stereocenters. The summed E-state index contributed by atoms with van der Waals surface area (Å²) in [5.41, 5.74) is 3.94. The molecule has 0 amide bonds. The third kappa shape index (κ3) is 2.84. The highest BCUT2D eigenvalue weighted by Gasteiger charge is 2.23. The van der Waals surface area contributed by atoms with E-state index in [4.69, 9.17) is 10.6 Å². The minimum absolute atomic E-state index is 0.132. The molecule has 0 heterocycles. The average molecular weight is 218 g/mol. The van der Waals surface area contributed by atoms with Gasteiger partial charge in [-0.1, -0.05) is 18.2 Å². The average Bonchev–Trinajstić information content (AvgIpc) is 3.11. The molecule has 0 aromatic heterocycles. The summed E-state index contributed by atoms with van der Waals surface area (Å²) in [5.74, 6) is 6.44. The molecule has 1 aromatic rings. The summed E-state index contributed by atoms with van der Waals surface area (Å²) in [5, 5.41) is 0. The standard InChI is InChI=1S/C13H18N2O/c1-2-3-13(15-14)10-4-6-11(7-5-10)16-12-8-9-12/h2,4-7,12-13,15H,1,3,8-9,14H2. The van der Waals surface area contributed by atoms with Crippen LogP contribution in [0.15, 0.2) is 36.9 Å². The second kappa shape index (κ2) is 5.14. The summed E-state index contributed by atoms with van der Waals surface area (Å²) in [6, 6.07) is 8.23. The van der Waals surface area contributed by atoms with Gasteiger partial charge in [0.1, 0.15) is 5.75 Å². The first-order valence-electron chi connectivity index (χ1n) is 5.67. The zero-order valence-electron chi connectivity index (χ0n) is 9.36. The van der Waals surface area contributed by atoms with E-state index in [2.05, 4.69) is 12.0 Å². The summed E-state index contributed by atoms with van der Waals surface area (Å²) >= 11 is 0. The van der Waals surface area contributed by atoms with Crippen LogP contribution in [0.1, 0.15) is 30.9 Å². The predicted molar refractivity (Wildman–Crippen MR) is 65.0 cm³/mol. The molecule has 1 fully saturated rings. The van der Waals surface area contributed by atoms with Crippen molar-refractivity contribution in [3.8, 4) is 5.75 Å². The Bertz CT molecular complexity index is 343. The molecule has 1 unspecified atom stereocenters. The largest absolute Gasteiger partial charge is 0.490 e. The summed E-state index contributed by atoms with van der Waals surface area (Å²) in [4.78, 5) is 0. The third-order valence-corrected chi connectivity index (χ3v) is 2.71. The molecule has 3 heteroatoms. The number of rotatable bonds is 6. The molecule has 0 aliphatic heterocycles. The summed E-state index contributed by atoms with van der Waals surface area (Å²) < 4.78 is 5.68. The molecule has 16 heavy (non-hydrogen) atoms. The van der Waals surface area contributed by atoms with Crippen LogP contribution in [0.4, 0.5) is 0 Å². The summed E-state index contributed by atoms with van der Waals surface area (Å²) in [7, 11) is 0. The van der Waals surface area contributed by atoms with Gasteiger partial charge in [0.25, 0.3) is 0 Å². The SMILES string of the molecule is C=CCC(NN)c1ccc(OC2CC2)cc1. The van der Waals surface area contributed by atoms with Crippen molar-refractivity contribution < 1.29 is 4.74 Å². The van der Waals surface area contributed by atoms with E-state index in [1.807, 2.05) is 30.3 Å². The first kappa shape index (κ1) is 11.2. The number of hydrogen-bond acceptors (Lipinski definition) is 3. The van der Waals surface area contributed by atoms with Gasteiger partial charge in [0, 0.05) is 6.04 Å². The van der Waals surface area contributed by atoms with Gasteiger partial charge in [-0.3, -0.25) is 11.3 Å². The van der Waals surface area contributed by atoms with Crippen LogP contribution >= 0.6 is 0 Å². The van der Waals surface area contributed by atoms with Crippen molar-refractivity contribution in [1.29, 1.82) is 0 Å². The lowest BCUT2D eigenvalue weighted by Gasteiger charge is -2.14. The van der Waals surface area contributed by atoms with Gasteiger partial charge in [-0.05, 0) is 37.0 Å². The van der Waals surface area contributed by atoms with Crippen LogP contribution < -0.4 is 16.0 Å². The fraction of sp³-hybridized carbons (Fsp3) is 0.385. The Kier molecular flexibility index (Phi) is 3.59. The predicted octanol–water partition coefficient (Wildman–Crippen LogP) is 2.31. The summed E-state index contributed by atoms with van der Waals surface area (Å²) in [6.07, 6.45) is 5.50. The van der Waals surface area contributed by atoms with E-state index < -0.39 is 0 Å². The second-order valence-electron chi connectivity index (χ2n) is 4.13. The van der Waals surface area contributed by atoms with Crippen molar-refractivity contribution in [2.45, 2.75) is 31.4 Å². The molecular formula is C13H18N2O. The lowest BCUT2D eigenvalue weighted by Crippen LogP contribution is -2.27. The number of hydrogen-bond donors (Lipinski definition) is 2. The van der Waals surface area contributed by atoms with Crippen LogP contribution in [0.5, 0.6) is 5.75 Å². The quantitative estimate of drug-likeness (QED) is 0.437. The number of benzene rings is 1. The molecule has 0 bridgehead atoms. The minimum Gasteiger partial charge on any atom is -0.490 e. The number of hydrazine groups is 1. The zero-order valence-corrected chi connectivity index (χ0v) is 9.36. The smallest absolute Gasteiger partial charge is 0.119 e. The van der Waals surface area contributed by atoms with Crippen LogP contribution in [0.2, 0.25) is 0 Å². The Morgan fingerprint density at radius 2 is 2.12 bits per heavy atom. The second-order valence-corrected chi connectivity index (χ2v) is 4.13. The topological polar surface area (TPSA) is 47.3 Å². The van der Waals surface area contributed by atoms with Gasteiger partial charge in [0.2, 0.25) is 0 Å². The molecule has 86 valence electrons. The third-order valence-electron chi connectivity index (χ3n) is 2.71. The lowest BCUT2D eigenvalue weighted by molar-refractivity contribution is 0.303. The first-order valence-corrected chi connectivity index (χ1v) is 5.67. The first-order chi connectivity index (χ1) is 7.83. The molecule has 3 N–H and O–H groups in total. The van der Waals surface area contributed by atoms with Crippen molar-refractivity contribution in [2.75, 3.05) is 0 Å². The van der Waals surface area contributed by atoms with Crippen LogP contribution in [0.25, 0.3) is 0 Å². The van der Waals surface area contributed by atoms with Gasteiger partial charge >= 0.3 is 0 Å². The molecule has 1 aliphatic carbocycles. The van der Waals surface area contributed by atoms with Crippen LogP contribution in [0, 0.1) is 0 Å². The van der Waals surface area contributed by atoms with Crippen LogP contribution in [-0.4, -0.2) is 6.10 Å². The van der Waals surface area contributed by atoms with E-state index in [0.717, 1.165) is 17.7 Å². The molecule has 3 nitrogen and oxygen atoms in total. The van der Waals surface area contributed by atoms with Crippen molar-refractivity contribution in [3.05, 3.63) is 42.5 Å². The Morgan fingerprint density at radius 3 is 2.62 bits per heavy atom. The fourth-order valence-corrected chi connectivity index (χ4v) is 1.62. The van der Waals surface area contributed by atoms with E-state index in [-0.39, 0.29) is 6.04 Å². The molecular weight excluding hydrogens is 200 g/mol. The molecule has 1 saturated carbocycles. The van der Waals surface area contributed by atoms with Gasteiger partial charge in [-0.25, -0.2) is 0 Å². The fourth-order valence-electron chi connectivity index (χ4n) is 1.62. The Morgan fingerprint density at radius 1 is 1.44 bits per heavy atom. The minimum atomic E-state index is 0.132. The lowest BCUT2D eigenvalue weighted by atomic mass is 10.0. The highest BCUT2D eigenvalue weighted by atomic mass is 16.5. The highest BCUT2D eigenvalue weighted by molar-refractivity contribution is 5.29. The van der Waals surface area contributed by atoms with E-state index in [9.17, 15) is 0 Å². The maximum Gasteiger partial charge on any atom is 0.119 e. The normalized spacial score (nSPS) is 16.8. The maximum absolute atomic E-state index is 5.68. The molecule has 2 rings (SSSR count). The van der Waals surface area contributed by atoms with Gasteiger partial charge < -0.3 is 4.74 Å². The Hall–Kier alpha value is -1.32. The van der Waals surface area contributed by atoms with E-state index in [1.54, 1.807) is 0 Å². The van der Waals surface area contributed by atoms with E-state index in [0.29, 0.717) is 6.10 Å². The van der Waals surface area contributed by atoms with E-state index >= 15 is 0 Å². The monoisotopic (exact) mass is 218 g/mol. The summed E-state index contributed by atoms with van der Waals surface area (Å²) in [6.45, 7) is 3.72. The number of ether oxygens (including phenoxy) is 1. The molecule has 1 aliphatic rings. The number of nitrogens with two attached hydrogens (primary N) is 1. The molecule has 0 saturated heterocycles. The van der Waals surface area contributed by atoms with Crippen LogP contribution in [-0.2, 0) is 0 Å². The van der Waals surface area contributed by atoms with Crippen molar-refractivity contribution in [3.63, 3.8) is 0 Å². The molecule has 0 radical (unpaired) electrons. The van der Waals surface area contributed by atoms with Crippen LogP contribution in [0.3, 0.4) is 0 Å². The maximum atomic E-state index is 5.68. The number of nitrogens with one attached hydrogen (secondary N) is 1. The van der Waals surface area contributed by atoms with Crippen molar-refractivity contribution in [1.82, 2.24) is 5.43 Å². The molecule has 0 spiro atoms. The van der Waals surface area contributed by atoms with Crippen molar-refractivity contribution in [2.24, 2.45) is 5.84 Å². The van der Waals surface area contributed by atoms with Gasteiger partial charge in [0.05, 0.1) is 6.10 Å². The zero-order chi connectivity index (χ0) is 11.4.